The first-order chi connectivity index (χ1) is 10.7. The second-order valence-electron chi connectivity index (χ2n) is 6.08. The molecule has 4 heterocycles. The molecule has 2 aliphatic rings. The summed E-state index contributed by atoms with van der Waals surface area (Å²) in [6.45, 7) is 3.18. The standard InChI is InChI=1S/C15H17N3O4/c1-20-8-15-7-18(5-10(15)6-21-9-15)14(19)12-11-3-2-4-16-13(11)17-22-12/h2-4,10H,5-9H2,1H3/t10-,15-/m0/s1. The Balaban J connectivity index is 1.62. The van der Waals surface area contributed by atoms with Gasteiger partial charge in [0.2, 0.25) is 11.4 Å². The van der Waals surface area contributed by atoms with Crippen LogP contribution in [0.3, 0.4) is 0 Å². The van der Waals surface area contributed by atoms with Gasteiger partial charge in [0.05, 0.1) is 25.2 Å². The molecule has 0 radical (unpaired) electrons. The molecular formula is C15H17N3O4. The first-order valence-electron chi connectivity index (χ1n) is 7.30. The fourth-order valence-corrected chi connectivity index (χ4v) is 3.56. The molecule has 7 heteroatoms. The molecule has 2 aliphatic heterocycles. The highest BCUT2D eigenvalue weighted by Gasteiger charge is 2.52. The van der Waals surface area contributed by atoms with Crippen LogP contribution in [0.4, 0.5) is 0 Å². The van der Waals surface area contributed by atoms with Gasteiger partial charge in [0, 0.05) is 37.7 Å². The fraction of sp³-hybridized carbons (Fsp3) is 0.533. The zero-order chi connectivity index (χ0) is 15.2. The predicted molar refractivity (Wildman–Crippen MR) is 76.3 cm³/mol. The van der Waals surface area contributed by atoms with E-state index in [-0.39, 0.29) is 17.1 Å². The molecule has 0 aromatic carbocycles. The maximum absolute atomic E-state index is 12.8. The zero-order valence-electron chi connectivity index (χ0n) is 12.3. The SMILES string of the molecule is COC[C@@]12COC[C@@H]1CN(C(=O)c1onc3ncccc13)C2. The lowest BCUT2D eigenvalue weighted by molar-refractivity contribution is 0.0475. The van der Waals surface area contributed by atoms with Crippen molar-refractivity contribution in [2.24, 2.45) is 11.3 Å². The third-order valence-corrected chi connectivity index (χ3v) is 4.69. The quantitative estimate of drug-likeness (QED) is 0.840. The van der Waals surface area contributed by atoms with Gasteiger partial charge in [-0.2, -0.15) is 0 Å². The molecule has 0 spiro atoms. The molecule has 0 saturated carbocycles. The minimum Gasteiger partial charge on any atom is -0.384 e. The first-order valence-corrected chi connectivity index (χ1v) is 7.30. The Hall–Kier alpha value is -1.99. The average molecular weight is 303 g/mol. The molecule has 1 amide bonds. The van der Waals surface area contributed by atoms with Crippen molar-refractivity contribution in [3.05, 3.63) is 24.1 Å². The fourth-order valence-electron chi connectivity index (χ4n) is 3.56. The van der Waals surface area contributed by atoms with E-state index in [1.807, 2.05) is 4.90 Å². The minimum absolute atomic E-state index is 0.0987. The van der Waals surface area contributed by atoms with Crippen molar-refractivity contribution in [3.8, 4) is 0 Å². The molecule has 2 saturated heterocycles. The number of methoxy groups -OCH3 is 1. The van der Waals surface area contributed by atoms with Crippen LogP contribution in [0.25, 0.3) is 11.0 Å². The third kappa shape index (κ3) is 1.93. The summed E-state index contributed by atoms with van der Waals surface area (Å²) in [5.74, 6) is 0.431. The summed E-state index contributed by atoms with van der Waals surface area (Å²) in [5, 5.41) is 4.51. The van der Waals surface area contributed by atoms with Crippen LogP contribution in [0.2, 0.25) is 0 Å². The van der Waals surface area contributed by atoms with Crippen molar-refractivity contribution in [2.45, 2.75) is 0 Å². The van der Waals surface area contributed by atoms with Crippen LogP contribution in [0, 0.1) is 11.3 Å². The predicted octanol–water partition coefficient (Wildman–Crippen LogP) is 0.958. The van der Waals surface area contributed by atoms with Crippen LogP contribution in [-0.4, -0.2) is 61.0 Å². The summed E-state index contributed by atoms with van der Waals surface area (Å²) in [6.07, 6.45) is 1.63. The van der Waals surface area contributed by atoms with E-state index in [1.54, 1.807) is 25.4 Å². The second kappa shape index (κ2) is 5.03. The van der Waals surface area contributed by atoms with Gasteiger partial charge >= 0.3 is 0 Å². The molecule has 2 aromatic rings. The molecular weight excluding hydrogens is 286 g/mol. The Morgan fingerprint density at radius 2 is 2.50 bits per heavy atom. The van der Waals surface area contributed by atoms with Crippen molar-refractivity contribution >= 4 is 16.9 Å². The van der Waals surface area contributed by atoms with Gasteiger partial charge in [-0.1, -0.05) is 5.16 Å². The van der Waals surface area contributed by atoms with Crippen LogP contribution in [-0.2, 0) is 9.47 Å². The second-order valence-corrected chi connectivity index (χ2v) is 6.08. The van der Waals surface area contributed by atoms with Gasteiger partial charge in [0.15, 0.2) is 0 Å². The molecule has 116 valence electrons. The Labute approximate surface area is 127 Å². The van der Waals surface area contributed by atoms with E-state index in [9.17, 15) is 4.79 Å². The molecule has 4 rings (SSSR count). The molecule has 22 heavy (non-hydrogen) atoms. The van der Waals surface area contributed by atoms with Gasteiger partial charge < -0.3 is 18.9 Å². The Bertz CT molecular complexity index is 716. The number of hydrogen-bond donors (Lipinski definition) is 0. The highest BCUT2D eigenvalue weighted by molar-refractivity contribution is 6.02. The highest BCUT2D eigenvalue weighted by Crippen LogP contribution is 2.42. The Morgan fingerprint density at radius 1 is 1.59 bits per heavy atom. The lowest BCUT2D eigenvalue weighted by Gasteiger charge is -2.25. The van der Waals surface area contributed by atoms with Crippen LogP contribution >= 0.6 is 0 Å². The molecule has 0 aliphatic carbocycles. The zero-order valence-corrected chi connectivity index (χ0v) is 12.3. The molecule has 7 nitrogen and oxygen atoms in total. The molecule has 0 N–H and O–H groups in total. The van der Waals surface area contributed by atoms with Gasteiger partial charge in [0.1, 0.15) is 0 Å². The van der Waals surface area contributed by atoms with Crippen LogP contribution in [0.15, 0.2) is 22.9 Å². The van der Waals surface area contributed by atoms with Gasteiger partial charge in [0.25, 0.3) is 5.91 Å². The number of pyridine rings is 1. The van der Waals surface area contributed by atoms with Crippen molar-refractivity contribution in [1.29, 1.82) is 0 Å². The summed E-state index contributed by atoms with van der Waals surface area (Å²) < 4.78 is 16.2. The van der Waals surface area contributed by atoms with Gasteiger partial charge in [-0.3, -0.25) is 4.79 Å². The first kappa shape index (κ1) is 13.7. The van der Waals surface area contributed by atoms with Crippen LogP contribution in [0.1, 0.15) is 10.6 Å². The topological polar surface area (TPSA) is 77.7 Å². The summed E-state index contributed by atoms with van der Waals surface area (Å²) in [5.41, 5.74) is 0.360. The van der Waals surface area contributed by atoms with E-state index in [2.05, 4.69) is 10.1 Å². The molecule has 2 atom stereocenters. The summed E-state index contributed by atoms with van der Waals surface area (Å²) in [4.78, 5) is 18.7. The van der Waals surface area contributed by atoms with E-state index < -0.39 is 0 Å². The molecule has 0 bridgehead atoms. The summed E-state index contributed by atoms with van der Waals surface area (Å²) >= 11 is 0. The van der Waals surface area contributed by atoms with E-state index in [0.29, 0.717) is 49.9 Å². The summed E-state index contributed by atoms with van der Waals surface area (Å²) in [6, 6.07) is 3.58. The van der Waals surface area contributed by atoms with Crippen LogP contribution < -0.4 is 0 Å². The molecule has 2 fully saturated rings. The minimum atomic E-state index is -0.139. The maximum Gasteiger partial charge on any atom is 0.293 e. The van der Waals surface area contributed by atoms with Crippen molar-refractivity contribution in [2.75, 3.05) is 40.0 Å². The van der Waals surface area contributed by atoms with E-state index in [1.165, 1.54) is 0 Å². The van der Waals surface area contributed by atoms with E-state index in [0.717, 1.165) is 0 Å². The van der Waals surface area contributed by atoms with Crippen LogP contribution in [0.5, 0.6) is 0 Å². The number of amides is 1. The maximum atomic E-state index is 12.8. The number of carbonyl (C=O) groups excluding carboxylic acids is 1. The smallest absolute Gasteiger partial charge is 0.293 e. The normalized spacial score (nSPS) is 27.5. The Morgan fingerprint density at radius 3 is 3.36 bits per heavy atom. The van der Waals surface area contributed by atoms with Crippen molar-refractivity contribution < 1.29 is 18.8 Å². The summed E-state index contributed by atoms with van der Waals surface area (Å²) in [7, 11) is 1.68. The Kier molecular flexibility index (Phi) is 3.12. The van der Waals surface area contributed by atoms with Crippen molar-refractivity contribution in [1.82, 2.24) is 15.0 Å². The van der Waals surface area contributed by atoms with Gasteiger partial charge in [-0.15, -0.1) is 0 Å². The highest BCUT2D eigenvalue weighted by atomic mass is 16.5. The number of nitrogens with zero attached hydrogens (tertiary/aromatic N) is 3. The lowest BCUT2D eigenvalue weighted by atomic mass is 9.82. The van der Waals surface area contributed by atoms with E-state index in [4.69, 9.17) is 14.0 Å². The number of carbonyl (C=O) groups is 1. The van der Waals surface area contributed by atoms with Gasteiger partial charge in [-0.25, -0.2) is 4.98 Å². The number of hydrogen-bond acceptors (Lipinski definition) is 6. The number of aromatic nitrogens is 2. The molecule has 0 unspecified atom stereocenters. The number of fused-ring (bicyclic) bond motifs is 2. The number of rotatable bonds is 3. The van der Waals surface area contributed by atoms with E-state index >= 15 is 0 Å². The third-order valence-electron chi connectivity index (χ3n) is 4.69. The molecule has 2 aromatic heterocycles. The average Bonchev–Trinajstić information content (AvgIpc) is 3.18. The van der Waals surface area contributed by atoms with Gasteiger partial charge in [-0.05, 0) is 12.1 Å². The number of likely N-dealkylation sites (tertiary alicyclic amines) is 1. The lowest BCUT2D eigenvalue weighted by Crippen LogP contribution is -2.37. The number of ether oxygens (including phenoxy) is 2. The van der Waals surface area contributed by atoms with Crippen molar-refractivity contribution in [3.63, 3.8) is 0 Å². The largest absolute Gasteiger partial charge is 0.384 e. The monoisotopic (exact) mass is 303 g/mol.